The minimum absolute atomic E-state index is 0.518. The quantitative estimate of drug-likeness (QED) is 0.875. The smallest absolute Gasteiger partial charge is 0.329 e. The first-order valence-corrected chi connectivity index (χ1v) is 6.45. The summed E-state index contributed by atoms with van der Waals surface area (Å²) < 4.78 is 0. The highest BCUT2D eigenvalue weighted by Crippen LogP contribution is 2.24. The van der Waals surface area contributed by atoms with Crippen LogP contribution in [0.25, 0.3) is 0 Å². The van der Waals surface area contributed by atoms with Crippen molar-refractivity contribution in [1.29, 1.82) is 0 Å². The van der Waals surface area contributed by atoms with Crippen molar-refractivity contribution in [3.63, 3.8) is 0 Å². The lowest BCUT2D eigenvalue weighted by molar-refractivity contribution is -0.137. The molecular weight excluding hydrogens is 232 g/mol. The van der Waals surface area contributed by atoms with Crippen LogP contribution in [0.4, 0.5) is 0 Å². The zero-order valence-electron chi connectivity index (χ0n) is 8.14. The summed E-state index contributed by atoms with van der Waals surface area (Å²) in [6.45, 7) is 2.05. The van der Waals surface area contributed by atoms with E-state index in [9.17, 15) is 4.79 Å². The van der Waals surface area contributed by atoms with E-state index in [1.807, 2.05) is 12.3 Å². The number of hydrogen-bond acceptors (Lipinski definition) is 5. The van der Waals surface area contributed by atoms with Crippen LogP contribution < -0.4 is 0 Å². The van der Waals surface area contributed by atoms with Crippen molar-refractivity contribution in [3.05, 3.63) is 16.1 Å². The largest absolute Gasteiger partial charge is 0.480 e. The van der Waals surface area contributed by atoms with E-state index in [0.29, 0.717) is 5.75 Å². The number of carbonyl (C=O) groups is 1. The van der Waals surface area contributed by atoms with Gasteiger partial charge in [-0.3, -0.25) is 4.99 Å². The summed E-state index contributed by atoms with van der Waals surface area (Å²) in [5, 5.41) is 12.6. The van der Waals surface area contributed by atoms with Gasteiger partial charge < -0.3 is 5.11 Å². The number of thiazole rings is 1. The van der Waals surface area contributed by atoms with Gasteiger partial charge in [0.15, 0.2) is 6.04 Å². The summed E-state index contributed by atoms with van der Waals surface area (Å²) in [5.74, 6) is -0.340. The van der Waals surface area contributed by atoms with Gasteiger partial charge in [-0.2, -0.15) is 0 Å². The van der Waals surface area contributed by atoms with Crippen molar-refractivity contribution < 1.29 is 9.90 Å². The van der Waals surface area contributed by atoms with Gasteiger partial charge in [-0.05, 0) is 6.42 Å². The summed E-state index contributed by atoms with van der Waals surface area (Å²) in [5.41, 5.74) is 0.825. The van der Waals surface area contributed by atoms with Gasteiger partial charge in [0, 0.05) is 11.1 Å². The Balaban J connectivity index is 2.18. The van der Waals surface area contributed by atoms with E-state index < -0.39 is 12.0 Å². The fourth-order valence-electron chi connectivity index (χ4n) is 1.21. The van der Waals surface area contributed by atoms with Crippen molar-refractivity contribution in [2.75, 3.05) is 5.75 Å². The highest BCUT2D eigenvalue weighted by Gasteiger charge is 2.26. The normalized spacial score (nSPS) is 20.3. The number of aliphatic imine (C=N–C) groups is 1. The molecule has 1 aliphatic heterocycles. The second kappa shape index (κ2) is 4.32. The minimum atomic E-state index is -0.858. The van der Waals surface area contributed by atoms with Crippen molar-refractivity contribution in [1.82, 2.24) is 4.98 Å². The molecule has 1 aliphatic rings. The Morgan fingerprint density at radius 2 is 2.53 bits per heavy atom. The maximum absolute atomic E-state index is 10.7. The Hall–Kier alpha value is -0.880. The first kappa shape index (κ1) is 10.6. The van der Waals surface area contributed by atoms with E-state index in [1.54, 1.807) is 11.3 Å². The number of carboxylic acids is 1. The standard InChI is InChI=1S/C9H10N2O2S2/c1-2-7-10-5(3-14-7)8-11-6(4-15-8)9(12)13/h3,6H,2,4H2,1H3,(H,12,13)/t6-/m0/s1. The molecule has 0 aliphatic carbocycles. The zero-order chi connectivity index (χ0) is 10.8. The maximum Gasteiger partial charge on any atom is 0.329 e. The molecule has 1 aromatic rings. The first-order chi connectivity index (χ1) is 7.20. The number of aryl methyl sites for hydroxylation is 1. The van der Waals surface area contributed by atoms with Crippen LogP contribution in [0.5, 0.6) is 0 Å². The van der Waals surface area contributed by atoms with E-state index in [4.69, 9.17) is 5.11 Å². The Bertz CT molecular complexity index is 414. The third-order valence-corrected chi connectivity index (χ3v) is 4.07. The maximum atomic E-state index is 10.7. The fraction of sp³-hybridized carbons (Fsp3) is 0.444. The number of nitrogens with zero attached hydrogens (tertiary/aromatic N) is 2. The number of thioether (sulfide) groups is 1. The molecule has 1 aromatic heterocycles. The predicted octanol–water partition coefficient (Wildman–Crippen LogP) is 1.65. The van der Waals surface area contributed by atoms with Gasteiger partial charge in [-0.25, -0.2) is 9.78 Å². The second-order valence-electron chi connectivity index (χ2n) is 3.08. The molecular formula is C9H10N2O2S2. The molecule has 1 N–H and O–H groups in total. The number of carboxylic acid groups (broad SMARTS) is 1. The van der Waals surface area contributed by atoms with Crippen molar-refractivity contribution in [3.8, 4) is 0 Å². The van der Waals surface area contributed by atoms with Gasteiger partial charge in [0.05, 0.1) is 5.01 Å². The van der Waals surface area contributed by atoms with Crippen molar-refractivity contribution in [2.24, 2.45) is 4.99 Å². The second-order valence-corrected chi connectivity index (χ2v) is 5.03. The van der Waals surface area contributed by atoms with Crippen LogP contribution in [0, 0.1) is 0 Å². The molecule has 4 nitrogen and oxygen atoms in total. The molecule has 2 rings (SSSR count). The highest BCUT2D eigenvalue weighted by molar-refractivity contribution is 8.14. The highest BCUT2D eigenvalue weighted by atomic mass is 32.2. The summed E-state index contributed by atoms with van der Waals surface area (Å²) >= 11 is 3.06. The van der Waals surface area contributed by atoms with Gasteiger partial charge in [0.1, 0.15) is 10.7 Å². The number of aliphatic carboxylic acids is 1. The van der Waals surface area contributed by atoms with E-state index >= 15 is 0 Å². The molecule has 0 fully saturated rings. The molecule has 6 heteroatoms. The van der Waals surface area contributed by atoms with Crippen molar-refractivity contribution >= 4 is 34.1 Å². The Morgan fingerprint density at radius 1 is 1.73 bits per heavy atom. The molecule has 0 bridgehead atoms. The molecule has 0 radical (unpaired) electrons. The lowest BCUT2D eigenvalue weighted by Gasteiger charge is -1.93. The number of rotatable bonds is 3. The summed E-state index contributed by atoms with van der Waals surface area (Å²) in [6, 6.07) is -0.600. The van der Waals surface area contributed by atoms with E-state index in [1.165, 1.54) is 11.8 Å². The third-order valence-electron chi connectivity index (χ3n) is 2.01. The van der Waals surface area contributed by atoms with Crippen molar-refractivity contribution in [2.45, 2.75) is 19.4 Å². The summed E-state index contributed by atoms with van der Waals surface area (Å²) in [6.07, 6.45) is 0.908. The zero-order valence-corrected chi connectivity index (χ0v) is 9.77. The fourth-order valence-corrected chi connectivity index (χ4v) is 3.00. The van der Waals surface area contributed by atoms with Crippen LogP contribution in [0.1, 0.15) is 17.6 Å². The molecule has 80 valence electrons. The summed E-state index contributed by atoms with van der Waals surface area (Å²) in [4.78, 5) is 19.2. The van der Waals surface area contributed by atoms with Gasteiger partial charge in [-0.15, -0.1) is 23.1 Å². The van der Waals surface area contributed by atoms with Crippen LogP contribution in [-0.2, 0) is 11.2 Å². The van der Waals surface area contributed by atoms with Crippen LogP contribution in [-0.4, -0.2) is 32.9 Å². The van der Waals surface area contributed by atoms with Crippen LogP contribution in [0.2, 0.25) is 0 Å². The van der Waals surface area contributed by atoms with Gasteiger partial charge in [0.2, 0.25) is 0 Å². The predicted molar refractivity (Wildman–Crippen MR) is 61.9 cm³/mol. The summed E-state index contributed by atoms with van der Waals surface area (Å²) in [7, 11) is 0. The molecule has 15 heavy (non-hydrogen) atoms. The Kier molecular flexibility index (Phi) is 3.06. The monoisotopic (exact) mass is 242 g/mol. The average Bonchev–Trinajstić information content (AvgIpc) is 2.86. The van der Waals surface area contributed by atoms with Gasteiger partial charge in [0.25, 0.3) is 0 Å². The van der Waals surface area contributed by atoms with Gasteiger partial charge >= 0.3 is 5.97 Å². The topological polar surface area (TPSA) is 62.5 Å². The molecule has 0 amide bonds. The molecule has 0 saturated carbocycles. The van der Waals surface area contributed by atoms with E-state index in [0.717, 1.165) is 22.2 Å². The van der Waals surface area contributed by atoms with Crippen LogP contribution in [0.15, 0.2) is 10.4 Å². The Labute approximate surface area is 95.4 Å². The number of aromatic nitrogens is 1. The molecule has 2 heterocycles. The molecule has 1 atom stereocenters. The Morgan fingerprint density at radius 3 is 3.07 bits per heavy atom. The SMILES string of the molecule is CCc1nc(C2=N[C@H](C(=O)O)CS2)cs1. The molecule has 0 aromatic carbocycles. The van der Waals surface area contributed by atoms with Crippen LogP contribution in [0.3, 0.4) is 0 Å². The third kappa shape index (κ3) is 2.21. The number of hydrogen-bond donors (Lipinski definition) is 1. The average molecular weight is 242 g/mol. The molecule has 0 unspecified atom stereocenters. The van der Waals surface area contributed by atoms with E-state index in [2.05, 4.69) is 9.98 Å². The molecule has 0 saturated heterocycles. The van der Waals surface area contributed by atoms with Gasteiger partial charge in [-0.1, -0.05) is 6.92 Å². The minimum Gasteiger partial charge on any atom is -0.480 e. The first-order valence-electron chi connectivity index (χ1n) is 4.59. The lowest BCUT2D eigenvalue weighted by atomic mass is 10.3. The molecule has 0 spiro atoms. The van der Waals surface area contributed by atoms with Crippen LogP contribution >= 0.6 is 23.1 Å². The van der Waals surface area contributed by atoms with E-state index in [-0.39, 0.29) is 0 Å². The lowest BCUT2D eigenvalue weighted by Crippen LogP contribution is -2.17.